The Hall–Kier alpha value is -1.82. The third-order valence-corrected chi connectivity index (χ3v) is 2.92. The number of hydrogen-bond donors (Lipinski definition) is 0. The maximum atomic E-state index is 10.8. The van der Waals surface area contributed by atoms with Gasteiger partial charge in [-0.2, -0.15) is 0 Å². The van der Waals surface area contributed by atoms with Crippen molar-refractivity contribution in [2.45, 2.75) is 13.3 Å². The van der Waals surface area contributed by atoms with Crippen molar-refractivity contribution in [1.29, 1.82) is 0 Å². The van der Waals surface area contributed by atoms with Gasteiger partial charge in [0.1, 0.15) is 5.82 Å². The van der Waals surface area contributed by atoms with E-state index in [1.54, 1.807) is 31.5 Å². The van der Waals surface area contributed by atoms with Crippen molar-refractivity contribution in [1.82, 2.24) is 9.97 Å². The number of halogens is 1. The van der Waals surface area contributed by atoms with E-state index in [1.165, 1.54) is 0 Å². The quantitative estimate of drug-likeness (QED) is 0.645. The van der Waals surface area contributed by atoms with Gasteiger partial charge >= 0.3 is 0 Å². The second-order valence-electron chi connectivity index (χ2n) is 3.87. The van der Waals surface area contributed by atoms with Crippen LogP contribution in [-0.4, -0.2) is 14.9 Å². The third kappa shape index (κ3) is 2.89. The molecule has 1 heterocycles. The second kappa shape index (κ2) is 5.22. The van der Waals surface area contributed by atoms with Gasteiger partial charge in [0.15, 0.2) is 0 Å². The molecule has 0 unspecified atom stereocenters. The molecule has 2 rings (SSSR count). The lowest BCUT2D eigenvalue weighted by Crippen LogP contribution is -1.98. The first-order valence-electron chi connectivity index (χ1n) is 5.26. The van der Waals surface area contributed by atoms with Crippen molar-refractivity contribution in [3.8, 4) is 0 Å². The smallest absolute Gasteiger partial charge is 0.258 e. The third-order valence-electron chi connectivity index (χ3n) is 2.51. The molecule has 1 aromatic heterocycles. The van der Waals surface area contributed by atoms with Crippen LogP contribution >= 0.6 is 15.9 Å². The number of aryl methyl sites for hydroxylation is 1. The minimum absolute atomic E-state index is 0.129. The highest BCUT2D eigenvalue weighted by Crippen LogP contribution is 2.20. The van der Waals surface area contributed by atoms with E-state index in [0.29, 0.717) is 17.8 Å². The average Bonchev–Trinajstić information content (AvgIpc) is 2.34. The summed E-state index contributed by atoms with van der Waals surface area (Å²) in [4.78, 5) is 18.8. The molecule has 0 fully saturated rings. The number of hydrogen-bond acceptors (Lipinski definition) is 4. The summed E-state index contributed by atoms with van der Waals surface area (Å²) in [5.74, 6) is 0.636. The first kappa shape index (κ1) is 12.6. The molecule has 5 nitrogen and oxygen atoms in total. The normalized spacial score (nSPS) is 10.3. The zero-order chi connectivity index (χ0) is 13.1. The molecule has 6 heteroatoms. The number of nitrogens with zero attached hydrogens (tertiary/aromatic N) is 3. The molecule has 0 N–H and O–H groups in total. The average molecular weight is 308 g/mol. The number of benzene rings is 1. The summed E-state index contributed by atoms with van der Waals surface area (Å²) in [6.45, 7) is 1.72. The van der Waals surface area contributed by atoms with E-state index < -0.39 is 0 Å². The SMILES string of the molecule is Cc1ccc(Cc2ncc(Br)cn2)cc1[N+](=O)[O-]. The predicted molar refractivity (Wildman–Crippen MR) is 70.4 cm³/mol. The minimum atomic E-state index is -0.374. The molecule has 2 aromatic rings. The molecule has 0 amide bonds. The van der Waals surface area contributed by atoms with Crippen molar-refractivity contribution in [2.75, 3.05) is 0 Å². The zero-order valence-corrected chi connectivity index (χ0v) is 11.2. The molecule has 0 radical (unpaired) electrons. The molecule has 1 aromatic carbocycles. The Morgan fingerprint density at radius 1 is 1.33 bits per heavy atom. The van der Waals surface area contributed by atoms with E-state index >= 15 is 0 Å². The summed E-state index contributed by atoms with van der Waals surface area (Å²) in [6.07, 6.45) is 3.80. The zero-order valence-electron chi connectivity index (χ0n) is 9.63. The van der Waals surface area contributed by atoms with E-state index in [-0.39, 0.29) is 10.6 Å². The lowest BCUT2D eigenvalue weighted by Gasteiger charge is -2.02. The van der Waals surface area contributed by atoms with Crippen LogP contribution in [0.25, 0.3) is 0 Å². The summed E-state index contributed by atoms with van der Waals surface area (Å²) in [7, 11) is 0. The molecule has 0 atom stereocenters. The van der Waals surface area contributed by atoms with Crippen LogP contribution < -0.4 is 0 Å². The van der Waals surface area contributed by atoms with Crippen molar-refractivity contribution in [2.24, 2.45) is 0 Å². The summed E-state index contributed by atoms with van der Waals surface area (Å²) < 4.78 is 0.807. The van der Waals surface area contributed by atoms with Gasteiger partial charge < -0.3 is 0 Å². The molecule has 18 heavy (non-hydrogen) atoms. The van der Waals surface area contributed by atoms with Crippen LogP contribution in [0.5, 0.6) is 0 Å². The van der Waals surface area contributed by atoms with Gasteiger partial charge in [0.25, 0.3) is 5.69 Å². The molecule has 0 saturated heterocycles. The van der Waals surface area contributed by atoms with Gasteiger partial charge in [0.05, 0.1) is 9.40 Å². The lowest BCUT2D eigenvalue weighted by atomic mass is 10.1. The van der Waals surface area contributed by atoms with Gasteiger partial charge in [-0.05, 0) is 28.4 Å². The molecule has 0 saturated carbocycles. The van der Waals surface area contributed by atoms with Gasteiger partial charge in [0.2, 0.25) is 0 Å². The fraction of sp³-hybridized carbons (Fsp3) is 0.167. The Morgan fingerprint density at radius 3 is 2.61 bits per heavy atom. The van der Waals surface area contributed by atoms with Crippen LogP contribution in [-0.2, 0) is 6.42 Å². The number of rotatable bonds is 3. The van der Waals surface area contributed by atoms with Gasteiger partial charge in [0, 0.05) is 30.4 Å². The van der Waals surface area contributed by atoms with Gasteiger partial charge in [-0.1, -0.05) is 12.1 Å². The van der Waals surface area contributed by atoms with Gasteiger partial charge in [-0.3, -0.25) is 10.1 Å². The molecule has 92 valence electrons. The van der Waals surface area contributed by atoms with Crippen LogP contribution in [0.3, 0.4) is 0 Å². The number of nitro groups is 1. The van der Waals surface area contributed by atoms with Crippen LogP contribution in [0.15, 0.2) is 35.1 Å². The summed E-state index contributed by atoms with van der Waals surface area (Å²) in [5.41, 5.74) is 1.61. The fourth-order valence-electron chi connectivity index (χ4n) is 1.57. The monoisotopic (exact) mass is 307 g/mol. The highest BCUT2D eigenvalue weighted by atomic mass is 79.9. The van der Waals surface area contributed by atoms with Crippen molar-refractivity contribution >= 4 is 21.6 Å². The highest BCUT2D eigenvalue weighted by Gasteiger charge is 2.11. The highest BCUT2D eigenvalue weighted by molar-refractivity contribution is 9.10. The largest absolute Gasteiger partial charge is 0.272 e. The van der Waals surface area contributed by atoms with Crippen LogP contribution in [0, 0.1) is 17.0 Å². The first-order valence-corrected chi connectivity index (χ1v) is 6.06. The first-order chi connectivity index (χ1) is 8.56. The fourth-order valence-corrected chi connectivity index (χ4v) is 1.78. The van der Waals surface area contributed by atoms with E-state index in [0.717, 1.165) is 10.0 Å². The van der Waals surface area contributed by atoms with Crippen molar-refractivity contribution in [3.05, 3.63) is 62.1 Å². The standard InChI is InChI=1S/C12H10BrN3O2/c1-8-2-3-9(4-11(8)16(17)18)5-12-14-6-10(13)7-15-12/h2-4,6-7H,5H2,1H3. The summed E-state index contributed by atoms with van der Waals surface area (Å²) in [5, 5.41) is 10.8. The van der Waals surface area contributed by atoms with Crippen LogP contribution in [0.1, 0.15) is 17.0 Å². The summed E-state index contributed by atoms with van der Waals surface area (Å²) >= 11 is 3.26. The lowest BCUT2D eigenvalue weighted by molar-refractivity contribution is -0.385. The topological polar surface area (TPSA) is 68.9 Å². The Bertz CT molecular complexity index is 584. The molecule has 0 spiro atoms. The van der Waals surface area contributed by atoms with E-state index in [4.69, 9.17) is 0 Å². The van der Waals surface area contributed by atoms with Crippen LogP contribution in [0.4, 0.5) is 5.69 Å². The van der Waals surface area contributed by atoms with Crippen molar-refractivity contribution < 1.29 is 4.92 Å². The van der Waals surface area contributed by atoms with Gasteiger partial charge in [-0.15, -0.1) is 0 Å². The molecule has 0 bridgehead atoms. The van der Waals surface area contributed by atoms with Crippen LogP contribution in [0.2, 0.25) is 0 Å². The molecule has 0 aliphatic carbocycles. The Balaban J connectivity index is 2.27. The minimum Gasteiger partial charge on any atom is -0.258 e. The molecule has 0 aliphatic rings. The predicted octanol–water partition coefficient (Wildman–Crippen LogP) is 3.05. The molecular formula is C12H10BrN3O2. The Kier molecular flexibility index (Phi) is 3.66. The van der Waals surface area contributed by atoms with E-state index in [1.807, 2.05) is 6.07 Å². The molecular weight excluding hydrogens is 298 g/mol. The Labute approximate surface area is 112 Å². The van der Waals surface area contributed by atoms with E-state index in [9.17, 15) is 10.1 Å². The maximum Gasteiger partial charge on any atom is 0.272 e. The Morgan fingerprint density at radius 2 is 2.00 bits per heavy atom. The number of aromatic nitrogens is 2. The molecule has 0 aliphatic heterocycles. The van der Waals surface area contributed by atoms with Gasteiger partial charge in [-0.25, -0.2) is 9.97 Å². The number of nitro benzene ring substituents is 1. The van der Waals surface area contributed by atoms with E-state index in [2.05, 4.69) is 25.9 Å². The van der Waals surface area contributed by atoms with Crippen molar-refractivity contribution in [3.63, 3.8) is 0 Å². The second-order valence-corrected chi connectivity index (χ2v) is 4.79. The summed E-state index contributed by atoms with van der Waals surface area (Å²) in [6, 6.07) is 5.17. The maximum absolute atomic E-state index is 10.8.